The average Bonchev–Trinajstić information content (AvgIpc) is 3.30. The molecule has 0 aliphatic carbocycles. The van der Waals surface area contributed by atoms with Crippen LogP contribution in [0.4, 0.5) is 17.6 Å². The van der Waals surface area contributed by atoms with Crippen LogP contribution in [0.5, 0.6) is 0 Å². The molecule has 1 unspecified atom stereocenters. The molecule has 8 nitrogen and oxygen atoms in total. The van der Waals surface area contributed by atoms with Gasteiger partial charge in [0, 0.05) is 29.1 Å². The van der Waals surface area contributed by atoms with E-state index >= 15 is 0 Å². The highest BCUT2D eigenvalue weighted by atomic mass is 19.4. The van der Waals surface area contributed by atoms with Crippen LogP contribution < -0.4 is 5.56 Å². The molecular weight excluding hydrogens is 546 g/mol. The number of aliphatic hydroxyl groups excluding tert-OH is 1. The maximum Gasteiger partial charge on any atom is 0.414 e. The number of aryl methyl sites for hydroxylation is 1. The largest absolute Gasteiger partial charge is 0.458 e. The van der Waals surface area contributed by atoms with E-state index in [1.165, 1.54) is 10.6 Å². The predicted octanol–water partition coefficient (Wildman–Crippen LogP) is 3.66. The van der Waals surface area contributed by atoms with Crippen LogP contribution in [-0.4, -0.2) is 56.0 Å². The topological polar surface area (TPSA) is 105 Å². The lowest BCUT2D eigenvalue weighted by Gasteiger charge is -2.35. The molecular formula is C29H29F4N3O5. The third-order valence-corrected chi connectivity index (χ3v) is 8.88. The number of halogens is 4. The van der Waals surface area contributed by atoms with E-state index in [0.29, 0.717) is 53.1 Å². The average molecular weight is 576 g/mol. The number of benzene rings is 1. The molecule has 1 aromatic carbocycles. The SMILES string of the molecule is CC[C@@]1(O)C(=O)OCc2c1cc1n(c2=O)Cc2c-1nc1cc(F)c(C)cc1c2CN1CCC(C(O)C(F)(F)F)CC1. The van der Waals surface area contributed by atoms with E-state index in [1.807, 2.05) is 4.90 Å². The van der Waals surface area contributed by atoms with Gasteiger partial charge in [0.05, 0.1) is 29.0 Å². The number of likely N-dealkylation sites (tertiary alicyclic amines) is 1. The highest BCUT2D eigenvalue weighted by molar-refractivity contribution is 5.89. The first kappa shape index (κ1) is 27.8. The van der Waals surface area contributed by atoms with Crippen molar-refractivity contribution in [3.05, 3.63) is 62.2 Å². The molecule has 1 fully saturated rings. The summed E-state index contributed by atoms with van der Waals surface area (Å²) in [7, 11) is 0. The summed E-state index contributed by atoms with van der Waals surface area (Å²) in [5.74, 6) is -2.18. The Balaban J connectivity index is 1.44. The Morgan fingerprint density at radius 3 is 2.54 bits per heavy atom. The summed E-state index contributed by atoms with van der Waals surface area (Å²) in [4.78, 5) is 32.8. The molecule has 218 valence electrons. The lowest BCUT2D eigenvalue weighted by Crippen LogP contribution is -2.44. The first-order valence-electron chi connectivity index (χ1n) is 13.6. The zero-order chi connectivity index (χ0) is 29.4. The molecule has 41 heavy (non-hydrogen) atoms. The van der Waals surface area contributed by atoms with Crippen molar-refractivity contribution in [3.8, 4) is 11.4 Å². The van der Waals surface area contributed by atoms with E-state index in [2.05, 4.69) is 0 Å². The van der Waals surface area contributed by atoms with Gasteiger partial charge in [0.1, 0.15) is 12.4 Å². The maximum atomic E-state index is 14.7. The molecule has 3 aromatic rings. The van der Waals surface area contributed by atoms with Gasteiger partial charge in [-0.25, -0.2) is 14.2 Å². The quantitative estimate of drug-likeness (QED) is 0.283. The third-order valence-electron chi connectivity index (χ3n) is 8.88. The monoisotopic (exact) mass is 575 g/mol. The van der Waals surface area contributed by atoms with Gasteiger partial charge in [-0.05, 0) is 68.5 Å². The summed E-state index contributed by atoms with van der Waals surface area (Å²) in [5, 5.41) is 21.5. The lowest BCUT2D eigenvalue weighted by molar-refractivity contribution is -0.223. The molecule has 2 aromatic heterocycles. The predicted molar refractivity (Wildman–Crippen MR) is 139 cm³/mol. The van der Waals surface area contributed by atoms with Crippen molar-refractivity contribution in [2.45, 2.75) is 70.7 Å². The number of fused-ring (bicyclic) bond motifs is 5. The number of alkyl halides is 3. The number of pyridine rings is 2. The summed E-state index contributed by atoms with van der Waals surface area (Å²) in [6.07, 6.45) is -6.72. The number of aromatic nitrogens is 2. The number of nitrogens with zero attached hydrogens (tertiary/aromatic N) is 3. The number of esters is 1. The summed E-state index contributed by atoms with van der Waals surface area (Å²) in [6.45, 7) is 4.09. The van der Waals surface area contributed by atoms with Crippen LogP contribution in [0.25, 0.3) is 22.3 Å². The zero-order valence-corrected chi connectivity index (χ0v) is 22.5. The van der Waals surface area contributed by atoms with Crippen LogP contribution >= 0.6 is 0 Å². The Morgan fingerprint density at radius 1 is 1.17 bits per heavy atom. The number of hydrogen-bond donors (Lipinski definition) is 2. The molecule has 6 rings (SSSR count). The van der Waals surface area contributed by atoms with E-state index in [9.17, 15) is 37.4 Å². The van der Waals surface area contributed by atoms with Gasteiger partial charge in [0.2, 0.25) is 0 Å². The number of piperidine rings is 1. The Labute approximate surface area is 232 Å². The molecule has 2 atom stereocenters. The van der Waals surface area contributed by atoms with Gasteiger partial charge in [-0.15, -0.1) is 0 Å². The lowest BCUT2D eigenvalue weighted by atomic mass is 9.86. The Kier molecular flexibility index (Phi) is 6.51. The first-order chi connectivity index (χ1) is 19.3. The molecule has 3 aliphatic rings. The summed E-state index contributed by atoms with van der Waals surface area (Å²) >= 11 is 0. The minimum atomic E-state index is -4.67. The second kappa shape index (κ2) is 9.60. The van der Waals surface area contributed by atoms with Gasteiger partial charge in [0.25, 0.3) is 5.56 Å². The second-order valence-corrected chi connectivity index (χ2v) is 11.2. The van der Waals surface area contributed by atoms with Crippen molar-refractivity contribution in [2.24, 2.45) is 5.92 Å². The van der Waals surface area contributed by atoms with Crippen molar-refractivity contribution < 1.29 is 37.3 Å². The van der Waals surface area contributed by atoms with Crippen molar-refractivity contribution in [1.29, 1.82) is 0 Å². The van der Waals surface area contributed by atoms with Crippen LogP contribution in [0.3, 0.4) is 0 Å². The van der Waals surface area contributed by atoms with Crippen LogP contribution in [-0.2, 0) is 34.8 Å². The minimum Gasteiger partial charge on any atom is -0.458 e. The van der Waals surface area contributed by atoms with E-state index in [-0.39, 0.29) is 43.5 Å². The maximum absolute atomic E-state index is 14.7. The molecule has 0 saturated carbocycles. The summed E-state index contributed by atoms with van der Waals surface area (Å²) < 4.78 is 60.5. The fourth-order valence-electron chi connectivity index (χ4n) is 6.39. The second-order valence-electron chi connectivity index (χ2n) is 11.2. The molecule has 1 saturated heterocycles. The molecule has 0 spiro atoms. The van der Waals surface area contributed by atoms with Gasteiger partial charge >= 0.3 is 12.1 Å². The van der Waals surface area contributed by atoms with E-state index in [1.54, 1.807) is 26.0 Å². The van der Waals surface area contributed by atoms with Crippen LogP contribution in [0, 0.1) is 18.7 Å². The Morgan fingerprint density at radius 2 is 1.88 bits per heavy atom. The van der Waals surface area contributed by atoms with Crippen LogP contribution in [0.2, 0.25) is 0 Å². The van der Waals surface area contributed by atoms with Gasteiger partial charge < -0.3 is 19.5 Å². The number of cyclic esters (lactones) is 1. The molecule has 0 radical (unpaired) electrons. The molecule has 3 aliphatic heterocycles. The van der Waals surface area contributed by atoms with E-state index in [4.69, 9.17) is 9.72 Å². The summed E-state index contributed by atoms with van der Waals surface area (Å²) in [6, 6.07) is 4.59. The van der Waals surface area contributed by atoms with Gasteiger partial charge in [-0.2, -0.15) is 13.2 Å². The highest BCUT2D eigenvalue weighted by Crippen LogP contribution is 2.41. The number of aliphatic hydroxyl groups is 2. The van der Waals surface area contributed by atoms with Gasteiger partial charge in [-0.3, -0.25) is 9.69 Å². The number of ether oxygens (including phenoxy) is 1. The first-order valence-corrected chi connectivity index (χ1v) is 13.6. The summed E-state index contributed by atoms with van der Waals surface area (Å²) in [5.41, 5.74) is 1.01. The van der Waals surface area contributed by atoms with Crippen LogP contribution in [0.15, 0.2) is 23.0 Å². The Hall–Kier alpha value is -3.35. The fraction of sp³-hybridized carbons (Fsp3) is 0.483. The number of hydrogen-bond acceptors (Lipinski definition) is 7. The molecule has 0 bridgehead atoms. The van der Waals surface area contributed by atoms with E-state index < -0.39 is 41.1 Å². The normalized spacial score (nSPS) is 21.9. The molecule has 5 heterocycles. The van der Waals surface area contributed by atoms with Crippen molar-refractivity contribution >= 4 is 16.9 Å². The van der Waals surface area contributed by atoms with Crippen molar-refractivity contribution in [2.75, 3.05) is 13.1 Å². The molecule has 12 heteroatoms. The molecule has 2 N–H and O–H groups in total. The zero-order valence-electron chi connectivity index (χ0n) is 22.5. The Bertz CT molecular complexity index is 1640. The van der Waals surface area contributed by atoms with Gasteiger partial charge in [-0.1, -0.05) is 6.92 Å². The van der Waals surface area contributed by atoms with Crippen molar-refractivity contribution in [1.82, 2.24) is 14.5 Å². The number of carbonyl (C=O) groups excluding carboxylic acids is 1. The third kappa shape index (κ3) is 4.34. The highest BCUT2D eigenvalue weighted by Gasteiger charge is 2.46. The smallest absolute Gasteiger partial charge is 0.414 e. The molecule has 0 amide bonds. The van der Waals surface area contributed by atoms with Crippen molar-refractivity contribution in [3.63, 3.8) is 0 Å². The van der Waals surface area contributed by atoms with Gasteiger partial charge in [0.15, 0.2) is 11.7 Å². The van der Waals surface area contributed by atoms with E-state index in [0.717, 1.165) is 5.56 Å². The number of rotatable bonds is 4. The number of carbonyl (C=O) groups is 1. The van der Waals surface area contributed by atoms with Crippen LogP contribution in [0.1, 0.15) is 54.0 Å². The standard InChI is InChI=1S/C29H29F4N3O5/c1-3-28(40)20-9-23-24-18(12-36(23)26(38)19(20)13-41-27(28)39)17(16-8-14(2)21(30)10-22(16)34-24)11-35-6-4-15(5-7-35)25(37)29(31,32)33/h8-10,15,25,37,40H,3-7,11-13H2,1-2H3/t25?,28-/m0/s1. The fourth-order valence-corrected chi connectivity index (χ4v) is 6.39. The minimum absolute atomic E-state index is 0.00550.